The standard InChI is InChI=1S/C24H44O4/c1-20(2)18-22(21(3)25)19-23(26)16-14-12-10-8-6-4-5-7-9-11-13-15-17-24(27)28/h20,22H,4-19H2,1-3H3,(H,27,28). The first-order valence-electron chi connectivity index (χ1n) is 11.6. The number of carboxylic acid groups (broad SMARTS) is 1. The monoisotopic (exact) mass is 396 g/mol. The first kappa shape index (κ1) is 26.8. The fourth-order valence-corrected chi connectivity index (χ4v) is 3.71. The molecule has 0 aromatic heterocycles. The summed E-state index contributed by atoms with van der Waals surface area (Å²) in [6, 6.07) is 0. The highest BCUT2D eigenvalue weighted by molar-refractivity contribution is 5.86. The van der Waals surface area contributed by atoms with Crippen LogP contribution in [0, 0.1) is 11.8 Å². The molecule has 0 bridgehead atoms. The van der Waals surface area contributed by atoms with Crippen LogP contribution in [-0.2, 0) is 14.4 Å². The number of hydrogen-bond acceptors (Lipinski definition) is 3. The molecule has 4 nitrogen and oxygen atoms in total. The molecule has 1 atom stereocenters. The van der Waals surface area contributed by atoms with Crippen LogP contribution < -0.4 is 0 Å². The summed E-state index contributed by atoms with van der Waals surface area (Å²) in [5, 5.41) is 8.57. The van der Waals surface area contributed by atoms with Crippen molar-refractivity contribution in [3.05, 3.63) is 0 Å². The van der Waals surface area contributed by atoms with Crippen LogP contribution in [0.5, 0.6) is 0 Å². The number of carbonyl (C=O) groups excluding carboxylic acids is 2. The Morgan fingerprint density at radius 1 is 0.679 bits per heavy atom. The molecular weight excluding hydrogens is 352 g/mol. The Hall–Kier alpha value is -1.19. The first-order chi connectivity index (χ1) is 13.3. The fourth-order valence-electron chi connectivity index (χ4n) is 3.71. The van der Waals surface area contributed by atoms with Gasteiger partial charge < -0.3 is 5.11 Å². The Bertz CT molecular complexity index is 428. The minimum Gasteiger partial charge on any atom is -0.481 e. The van der Waals surface area contributed by atoms with Crippen molar-refractivity contribution in [3.8, 4) is 0 Å². The van der Waals surface area contributed by atoms with E-state index >= 15 is 0 Å². The van der Waals surface area contributed by atoms with Gasteiger partial charge in [0.25, 0.3) is 0 Å². The van der Waals surface area contributed by atoms with E-state index in [1.807, 2.05) is 0 Å². The number of ketones is 2. The van der Waals surface area contributed by atoms with Gasteiger partial charge in [-0.1, -0.05) is 78.1 Å². The summed E-state index contributed by atoms with van der Waals surface area (Å²) in [4.78, 5) is 34.2. The van der Waals surface area contributed by atoms with Crippen LogP contribution in [0.1, 0.15) is 124 Å². The van der Waals surface area contributed by atoms with Gasteiger partial charge in [0.15, 0.2) is 0 Å². The molecule has 0 fully saturated rings. The summed E-state index contributed by atoms with van der Waals surface area (Å²) in [7, 11) is 0. The molecule has 0 spiro atoms. The lowest BCUT2D eigenvalue weighted by atomic mass is 9.88. The molecule has 0 aromatic rings. The largest absolute Gasteiger partial charge is 0.481 e. The summed E-state index contributed by atoms with van der Waals surface area (Å²) in [6.07, 6.45) is 16.0. The van der Waals surface area contributed by atoms with Crippen molar-refractivity contribution >= 4 is 17.5 Å². The van der Waals surface area contributed by atoms with Crippen LogP contribution in [-0.4, -0.2) is 22.6 Å². The highest BCUT2D eigenvalue weighted by Gasteiger charge is 2.19. The highest BCUT2D eigenvalue weighted by Crippen LogP contribution is 2.19. The van der Waals surface area contributed by atoms with Crippen LogP contribution >= 0.6 is 0 Å². The van der Waals surface area contributed by atoms with Crippen molar-refractivity contribution in [1.82, 2.24) is 0 Å². The highest BCUT2D eigenvalue weighted by atomic mass is 16.4. The zero-order valence-corrected chi connectivity index (χ0v) is 18.6. The van der Waals surface area contributed by atoms with Gasteiger partial charge in [0.1, 0.15) is 11.6 Å². The Kier molecular flexibility index (Phi) is 17.1. The molecule has 1 unspecified atom stereocenters. The molecule has 0 amide bonds. The Morgan fingerprint density at radius 3 is 1.43 bits per heavy atom. The van der Waals surface area contributed by atoms with E-state index in [2.05, 4.69) is 13.8 Å². The zero-order valence-electron chi connectivity index (χ0n) is 18.6. The second-order valence-electron chi connectivity index (χ2n) is 8.82. The van der Waals surface area contributed by atoms with Crippen LogP contribution in [0.3, 0.4) is 0 Å². The Morgan fingerprint density at radius 2 is 1.07 bits per heavy atom. The van der Waals surface area contributed by atoms with Crippen LogP contribution in [0.4, 0.5) is 0 Å². The number of hydrogen-bond donors (Lipinski definition) is 1. The van der Waals surface area contributed by atoms with Gasteiger partial charge in [-0.2, -0.15) is 0 Å². The summed E-state index contributed by atoms with van der Waals surface area (Å²) >= 11 is 0. The number of rotatable bonds is 20. The molecule has 0 radical (unpaired) electrons. The van der Waals surface area contributed by atoms with E-state index in [0.717, 1.165) is 38.5 Å². The topological polar surface area (TPSA) is 71.4 Å². The molecule has 0 aliphatic rings. The maximum atomic E-state index is 12.1. The molecule has 0 aromatic carbocycles. The molecule has 4 heteroatoms. The van der Waals surface area contributed by atoms with Gasteiger partial charge in [-0.25, -0.2) is 0 Å². The number of aliphatic carboxylic acids is 1. The molecule has 0 saturated carbocycles. The fraction of sp³-hybridized carbons (Fsp3) is 0.875. The van der Waals surface area contributed by atoms with Gasteiger partial charge in [-0.3, -0.25) is 14.4 Å². The third kappa shape index (κ3) is 18.2. The number of Topliss-reactive ketones (excluding diaryl/α,β-unsaturated/α-hetero) is 2. The number of carbonyl (C=O) groups is 3. The lowest BCUT2D eigenvalue weighted by molar-refractivity contribution is -0.137. The smallest absolute Gasteiger partial charge is 0.303 e. The van der Waals surface area contributed by atoms with E-state index in [9.17, 15) is 14.4 Å². The molecule has 0 aliphatic carbocycles. The van der Waals surface area contributed by atoms with Gasteiger partial charge >= 0.3 is 5.97 Å². The second-order valence-corrected chi connectivity index (χ2v) is 8.82. The third-order valence-electron chi connectivity index (χ3n) is 5.40. The molecule has 0 aliphatic heterocycles. The van der Waals surface area contributed by atoms with E-state index in [-0.39, 0.29) is 17.5 Å². The minimum atomic E-state index is -0.684. The zero-order chi connectivity index (χ0) is 21.2. The van der Waals surface area contributed by atoms with Gasteiger partial charge in [0, 0.05) is 25.2 Å². The average Bonchev–Trinajstić information content (AvgIpc) is 2.60. The molecule has 28 heavy (non-hydrogen) atoms. The maximum absolute atomic E-state index is 12.1. The molecule has 164 valence electrons. The Balaban J connectivity index is 3.44. The lowest BCUT2D eigenvalue weighted by Crippen LogP contribution is -2.18. The molecule has 0 heterocycles. The first-order valence-corrected chi connectivity index (χ1v) is 11.6. The number of unbranched alkanes of at least 4 members (excludes halogenated alkanes) is 11. The molecule has 1 N–H and O–H groups in total. The van der Waals surface area contributed by atoms with Gasteiger partial charge in [-0.15, -0.1) is 0 Å². The predicted octanol–water partition coefficient (Wildman–Crippen LogP) is 6.74. The van der Waals surface area contributed by atoms with E-state index in [4.69, 9.17) is 5.11 Å². The average molecular weight is 397 g/mol. The predicted molar refractivity (Wildman–Crippen MR) is 116 cm³/mol. The minimum absolute atomic E-state index is 0.0790. The normalized spacial score (nSPS) is 12.3. The van der Waals surface area contributed by atoms with Crippen molar-refractivity contribution in [3.63, 3.8) is 0 Å². The van der Waals surface area contributed by atoms with E-state index < -0.39 is 5.97 Å². The third-order valence-corrected chi connectivity index (χ3v) is 5.40. The molecule has 0 rings (SSSR count). The maximum Gasteiger partial charge on any atom is 0.303 e. The SMILES string of the molecule is CC(=O)C(CC(=O)CCCCCCCCCCCCCCC(=O)O)CC(C)C. The molecular formula is C24H44O4. The van der Waals surface area contributed by atoms with E-state index in [1.54, 1.807) is 6.92 Å². The van der Waals surface area contributed by atoms with Crippen LogP contribution in [0.15, 0.2) is 0 Å². The van der Waals surface area contributed by atoms with Crippen LogP contribution in [0.2, 0.25) is 0 Å². The quantitative estimate of drug-likeness (QED) is 0.231. The summed E-state index contributed by atoms with van der Waals surface area (Å²) in [5.41, 5.74) is 0. The van der Waals surface area contributed by atoms with Gasteiger partial charge in [0.2, 0.25) is 0 Å². The Labute approximate surface area is 172 Å². The van der Waals surface area contributed by atoms with Crippen LogP contribution in [0.25, 0.3) is 0 Å². The van der Waals surface area contributed by atoms with Crippen molar-refractivity contribution in [2.24, 2.45) is 11.8 Å². The van der Waals surface area contributed by atoms with E-state index in [1.165, 1.54) is 44.9 Å². The van der Waals surface area contributed by atoms with Crippen molar-refractivity contribution in [1.29, 1.82) is 0 Å². The summed E-state index contributed by atoms with van der Waals surface area (Å²) in [5.74, 6) is 0.102. The second kappa shape index (κ2) is 17.9. The van der Waals surface area contributed by atoms with Crippen molar-refractivity contribution in [2.75, 3.05) is 0 Å². The van der Waals surface area contributed by atoms with Crippen molar-refractivity contribution in [2.45, 2.75) is 124 Å². The van der Waals surface area contributed by atoms with Crippen molar-refractivity contribution < 1.29 is 19.5 Å². The summed E-state index contributed by atoms with van der Waals surface area (Å²) < 4.78 is 0. The van der Waals surface area contributed by atoms with Gasteiger partial charge in [0.05, 0.1) is 0 Å². The summed E-state index contributed by atoms with van der Waals surface area (Å²) in [6.45, 7) is 5.81. The molecule has 0 saturated heterocycles. The van der Waals surface area contributed by atoms with Gasteiger partial charge in [-0.05, 0) is 32.1 Å². The lowest BCUT2D eigenvalue weighted by Gasteiger charge is -2.15. The van der Waals surface area contributed by atoms with E-state index in [0.29, 0.717) is 25.2 Å². The number of carboxylic acids is 1.